The highest BCUT2D eigenvalue weighted by molar-refractivity contribution is 7.98. The standard InChI is InChI=1S/C14H23ClN2O2S2/c1-11-9-12(15)14(10-13(11)16)21(18,19)17-7-5-3-4-6-8-20-2/h9-10,17H,3-8,16H2,1-2H3. The first-order valence-corrected chi connectivity index (χ1v) is 10.2. The number of aryl methyl sites for hydroxylation is 1. The minimum atomic E-state index is -3.59. The molecule has 0 radical (unpaired) electrons. The van der Waals surface area contributed by atoms with E-state index in [1.54, 1.807) is 13.0 Å². The predicted molar refractivity (Wildman–Crippen MR) is 92.6 cm³/mol. The van der Waals surface area contributed by atoms with Crippen LogP contribution in [-0.4, -0.2) is 27.0 Å². The van der Waals surface area contributed by atoms with Gasteiger partial charge in [0.25, 0.3) is 0 Å². The van der Waals surface area contributed by atoms with Crippen molar-refractivity contribution in [2.75, 3.05) is 24.3 Å². The van der Waals surface area contributed by atoms with E-state index in [9.17, 15) is 8.42 Å². The highest BCUT2D eigenvalue weighted by Gasteiger charge is 2.18. The van der Waals surface area contributed by atoms with E-state index in [4.69, 9.17) is 17.3 Å². The van der Waals surface area contributed by atoms with Gasteiger partial charge in [0, 0.05) is 12.2 Å². The normalized spacial score (nSPS) is 11.8. The topological polar surface area (TPSA) is 72.2 Å². The van der Waals surface area contributed by atoms with Gasteiger partial charge in [0.15, 0.2) is 0 Å². The van der Waals surface area contributed by atoms with Crippen LogP contribution in [0.3, 0.4) is 0 Å². The van der Waals surface area contributed by atoms with Crippen LogP contribution in [0.25, 0.3) is 0 Å². The Hall–Kier alpha value is -0.430. The number of unbranched alkanes of at least 4 members (excludes halogenated alkanes) is 3. The molecule has 3 N–H and O–H groups in total. The van der Waals surface area contributed by atoms with Crippen molar-refractivity contribution in [2.45, 2.75) is 37.5 Å². The maximum Gasteiger partial charge on any atom is 0.242 e. The zero-order valence-corrected chi connectivity index (χ0v) is 14.9. The van der Waals surface area contributed by atoms with Gasteiger partial charge in [-0.1, -0.05) is 24.4 Å². The zero-order valence-electron chi connectivity index (χ0n) is 12.5. The summed E-state index contributed by atoms with van der Waals surface area (Å²) >= 11 is 7.84. The Morgan fingerprint density at radius 1 is 1.24 bits per heavy atom. The van der Waals surface area contributed by atoms with E-state index in [1.165, 1.54) is 12.5 Å². The van der Waals surface area contributed by atoms with Crippen molar-refractivity contribution >= 4 is 39.1 Å². The summed E-state index contributed by atoms with van der Waals surface area (Å²) in [5.74, 6) is 1.16. The molecule has 0 spiro atoms. The monoisotopic (exact) mass is 350 g/mol. The number of hydrogen-bond donors (Lipinski definition) is 2. The van der Waals surface area contributed by atoms with E-state index in [0.29, 0.717) is 12.2 Å². The average molecular weight is 351 g/mol. The molecule has 0 heterocycles. The maximum absolute atomic E-state index is 12.2. The second-order valence-electron chi connectivity index (χ2n) is 4.94. The van der Waals surface area contributed by atoms with Gasteiger partial charge in [-0.2, -0.15) is 11.8 Å². The van der Waals surface area contributed by atoms with E-state index in [0.717, 1.165) is 30.6 Å². The molecular formula is C14H23ClN2O2S2. The van der Waals surface area contributed by atoms with E-state index < -0.39 is 10.0 Å². The maximum atomic E-state index is 12.2. The number of rotatable bonds is 9. The summed E-state index contributed by atoms with van der Waals surface area (Å²) in [5, 5.41) is 0.203. The number of halogens is 1. The molecule has 21 heavy (non-hydrogen) atoms. The van der Waals surface area contributed by atoms with Crippen molar-refractivity contribution in [2.24, 2.45) is 0 Å². The van der Waals surface area contributed by atoms with Crippen LogP contribution in [0.1, 0.15) is 31.2 Å². The fourth-order valence-corrected chi connectivity index (χ4v) is 4.07. The summed E-state index contributed by atoms with van der Waals surface area (Å²) in [7, 11) is -3.59. The first-order chi connectivity index (χ1) is 9.88. The number of nitrogens with one attached hydrogen (secondary N) is 1. The van der Waals surface area contributed by atoms with E-state index in [2.05, 4.69) is 11.0 Å². The molecule has 0 saturated carbocycles. The molecule has 1 aromatic carbocycles. The minimum absolute atomic E-state index is 0.0506. The van der Waals surface area contributed by atoms with Crippen molar-refractivity contribution < 1.29 is 8.42 Å². The van der Waals surface area contributed by atoms with Gasteiger partial charge in [0.05, 0.1) is 5.02 Å². The molecular weight excluding hydrogens is 328 g/mol. The number of sulfonamides is 1. The summed E-state index contributed by atoms with van der Waals surface area (Å²) in [6.45, 7) is 2.21. The van der Waals surface area contributed by atoms with Crippen molar-refractivity contribution in [1.29, 1.82) is 0 Å². The first kappa shape index (κ1) is 18.6. The van der Waals surface area contributed by atoms with Crippen LogP contribution in [-0.2, 0) is 10.0 Å². The average Bonchev–Trinajstić information content (AvgIpc) is 2.41. The van der Waals surface area contributed by atoms with Crippen molar-refractivity contribution in [3.8, 4) is 0 Å². The molecule has 0 aliphatic rings. The van der Waals surface area contributed by atoms with E-state index >= 15 is 0 Å². The summed E-state index contributed by atoms with van der Waals surface area (Å²) in [5.41, 5.74) is 6.95. The van der Waals surface area contributed by atoms with Crippen LogP contribution in [0.5, 0.6) is 0 Å². The van der Waals surface area contributed by atoms with Gasteiger partial charge in [-0.05, 0) is 49.5 Å². The molecule has 0 atom stereocenters. The van der Waals surface area contributed by atoms with Gasteiger partial charge in [-0.25, -0.2) is 13.1 Å². The molecule has 0 amide bonds. The third kappa shape index (κ3) is 6.06. The molecule has 1 aromatic rings. The van der Waals surface area contributed by atoms with Gasteiger partial charge in [0.2, 0.25) is 10.0 Å². The van der Waals surface area contributed by atoms with E-state index in [1.807, 2.05) is 11.8 Å². The Labute approximate surface area is 136 Å². The molecule has 4 nitrogen and oxygen atoms in total. The van der Waals surface area contributed by atoms with Crippen LogP contribution in [0, 0.1) is 6.92 Å². The van der Waals surface area contributed by atoms with Crippen LogP contribution in [0.4, 0.5) is 5.69 Å². The zero-order chi connectivity index (χ0) is 15.9. The first-order valence-electron chi connectivity index (χ1n) is 6.92. The van der Waals surface area contributed by atoms with Gasteiger partial charge >= 0.3 is 0 Å². The molecule has 1 rings (SSSR count). The Morgan fingerprint density at radius 3 is 2.57 bits per heavy atom. The lowest BCUT2D eigenvalue weighted by Gasteiger charge is -2.10. The summed E-state index contributed by atoms with van der Waals surface area (Å²) in [6.07, 6.45) is 6.24. The third-order valence-electron chi connectivity index (χ3n) is 3.18. The van der Waals surface area contributed by atoms with Gasteiger partial charge in [-0.15, -0.1) is 0 Å². The number of hydrogen-bond acceptors (Lipinski definition) is 4. The fraction of sp³-hybridized carbons (Fsp3) is 0.571. The molecule has 0 aliphatic heterocycles. The highest BCUT2D eigenvalue weighted by atomic mass is 35.5. The second kappa shape index (κ2) is 8.88. The van der Waals surface area contributed by atoms with Crippen LogP contribution in [0.2, 0.25) is 5.02 Å². The molecule has 0 aromatic heterocycles. The fourth-order valence-electron chi connectivity index (χ4n) is 1.88. The molecule has 120 valence electrons. The number of nitrogens with two attached hydrogens (primary N) is 1. The second-order valence-corrected chi connectivity index (χ2v) is 8.07. The number of benzene rings is 1. The highest BCUT2D eigenvalue weighted by Crippen LogP contribution is 2.26. The number of thioether (sulfide) groups is 1. The van der Waals surface area contributed by atoms with Gasteiger partial charge in [-0.3, -0.25) is 0 Å². The predicted octanol–water partition coefficient (Wildman–Crippen LogP) is 3.43. The summed E-state index contributed by atoms with van der Waals surface area (Å²) in [4.78, 5) is 0.0506. The Morgan fingerprint density at radius 2 is 1.90 bits per heavy atom. The van der Waals surface area contributed by atoms with Crippen LogP contribution >= 0.6 is 23.4 Å². The number of anilines is 1. The lowest BCUT2D eigenvalue weighted by molar-refractivity contribution is 0.574. The lowest BCUT2D eigenvalue weighted by Crippen LogP contribution is -2.25. The van der Waals surface area contributed by atoms with Crippen LogP contribution < -0.4 is 10.5 Å². The van der Waals surface area contributed by atoms with Crippen molar-refractivity contribution in [3.63, 3.8) is 0 Å². The summed E-state index contributed by atoms with van der Waals surface area (Å²) in [6, 6.07) is 2.99. The molecule has 0 unspecified atom stereocenters. The Bertz CT molecular complexity index is 562. The molecule has 0 bridgehead atoms. The largest absolute Gasteiger partial charge is 0.398 e. The number of nitrogen functional groups attached to an aromatic ring is 1. The van der Waals surface area contributed by atoms with Gasteiger partial charge < -0.3 is 5.73 Å². The lowest BCUT2D eigenvalue weighted by atomic mass is 10.2. The van der Waals surface area contributed by atoms with Crippen molar-refractivity contribution in [3.05, 3.63) is 22.7 Å². The molecule has 7 heteroatoms. The third-order valence-corrected chi connectivity index (χ3v) is 5.80. The Balaban J connectivity index is 2.53. The van der Waals surface area contributed by atoms with Crippen LogP contribution in [0.15, 0.2) is 17.0 Å². The smallest absolute Gasteiger partial charge is 0.242 e. The summed E-state index contributed by atoms with van der Waals surface area (Å²) < 4.78 is 27.0. The SMILES string of the molecule is CSCCCCCCNS(=O)(=O)c1cc(N)c(C)cc1Cl. The quantitative estimate of drug-likeness (QED) is 0.528. The minimum Gasteiger partial charge on any atom is -0.398 e. The van der Waals surface area contributed by atoms with E-state index in [-0.39, 0.29) is 9.92 Å². The molecule has 0 aliphatic carbocycles. The Kier molecular flexibility index (Phi) is 7.87. The molecule has 0 saturated heterocycles. The molecule has 0 fully saturated rings. The van der Waals surface area contributed by atoms with Gasteiger partial charge in [0.1, 0.15) is 4.90 Å². The van der Waals surface area contributed by atoms with Crippen molar-refractivity contribution in [1.82, 2.24) is 4.72 Å².